The zero-order valence-corrected chi connectivity index (χ0v) is 15.1. The molecule has 0 bridgehead atoms. The van der Waals surface area contributed by atoms with E-state index in [0.717, 1.165) is 39.3 Å². The highest BCUT2D eigenvalue weighted by atomic mass is 35.5. The molecule has 4 rings (SSSR count). The van der Waals surface area contributed by atoms with E-state index in [-0.39, 0.29) is 12.4 Å². The van der Waals surface area contributed by atoms with Gasteiger partial charge in [-0.1, -0.05) is 17.7 Å². The summed E-state index contributed by atoms with van der Waals surface area (Å²) in [6.45, 7) is 2.17. The molecule has 25 heavy (non-hydrogen) atoms. The van der Waals surface area contributed by atoms with Crippen LogP contribution in [0.2, 0.25) is 5.02 Å². The van der Waals surface area contributed by atoms with Gasteiger partial charge in [0.2, 0.25) is 6.79 Å². The smallest absolute Gasteiger partial charge is 0.336 e. The van der Waals surface area contributed by atoms with Crippen molar-refractivity contribution in [3.63, 3.8) is 0 Å². The summed E-state index contributed by atoms with van der Waals surface area (Å²) in [5.74, 6) is 3.06. The van der Waals surface area contributed by atoms with Crippen LogP contribution < -0.4 is 15.1 Å². The van der Waals surface area contributed by atoms with Gasteiger partial charge in [0.25, 0.3) is 0 Å². The minimum atomic E-state index is -0.340. The molecule has 4 nitrogen and oxygen atoms in total. The van der Waals surface area contributed by atoms with Gasteiger partial charge in [0, 0.05) is 28.0 Å². The molecule has 6 heteroatoms. The van der Waals surface area contributed by atoms with Crippen LogP contribution in [-0.4, -0.2) is 6.79 Å². The zero-order chi connectivity index (χ0) is 17.4. The minimum Gasteiger partial charge on any atom is -0.454 e. The molecule has 0 aliphatic carbocycles. The summed E-state index contributed by atoms with van der Waals surface area (Å²) in [5.41, 5.74) is 3.21. The highest BCUT2D eigenvalue weighted by molar-refractivity contribution is 7.97. The minimum absolute atomic E-state index is 0.276. The average Bonchev–Trinajstić information content (AvgIpc) is 3.04. The SMILES string of the molecule is Cc1cc2oc(=O)cc(CSCc3ccc4c(c3)OCO4)c2cc1Cl. The van der Waals surface area contributed by atoms with Crippen molar-refractivity contribution in [3.8, 4) is 11.5 Å². The topological polar surface area (TPSA) is 48.7 Å². The number of aryl methyl sites for hydroxylation is 1. The van der Waals surface area contributed by atoms with Crippen LogP contribution in [0.5, 0.6) is 11.5 Å². The molecule has 128 valence electrons. The Morgan fingerprint density at radius 2 is 1.92 bits per heavy atom. The van der Waals surface area contributed by atoms with Crippen LogP contribution in [0.1, 0.15) is 16.7 Å². The molecule has 3 aromatic rings. The van der Waals surface area contributed by atoms with Crippen LogP contribution in [0.3, 0.4) is 0 Å². The van der Waals surface area contributed by atoms with E-state index in [1.807, 2.05) is 37.3 Å². The predicted octanol–water partition coefficient (Wildman–Crippen LogP) is 4.92. The van der Waals surface area contributed by atoms with Crippen LogP contribution in [0.25, 0.3) is 11.0 Å². The Bertz CT molecular complexity index is 1010. The van der Waals surface area contributed by atoms with Crippen molar-refractivity contribution in [2.24, 2.45) is 0 Å². The van der Waals surface area contributed by atoms with Crippen LogP contribution in [0.4, 0.5) is 0 Å². The van der Waals surface area contributed by atoms with Gasteiger partial charge in [-0.25, -0.2) is 4.79 Å². The van der Waals surface area contributed by atoms with Crippen molar-refractivity contribution in [2.75, 3.05) is 6.79 Å². The van der Waals surface area contributed by atoms with Crippen molar-refractivity contribution in [3.05, 3.63) is 68.5 Å². The van der Waals surface area contributed by atoms with Gasteiger partial charge >= 0.3 is 5.63 Å². The normalized spacial score (nSPS) is 12.7. The quantitative estimate of drug-likeness (QED) is 0.607. The Hall–Kier alpha value is -2.11. The number of benzene rings is 2. The molecule has 1 aliphatic rings. The highest BCUT2D eigenvalue weighted by Gasteiger charge is 2.13. The first-order chi connectivity index (χ1) is 12.1. The summed E-state index contributed by atoms with van der Waals surface area (Å²) in [5, 5.41) is 1.55. The third-order valence-electron chi connectivity index (χ3n) is 4.07. The standard InChI is InChI=1S/C19H15ClO4S/c1-11-4-17-14(7-15(11)20)13(6-19(21)24-17)9-25-8-12-2-3-16-18(5-12)23-10-22-16/h2-7H,8-10H2,1H3. The number of thioether (sulfide) groups is 1. The first kappa shape index (κ1) is 16.4. The summed E-state index contributed by atoms with van der Waals surface area (Å²) in [7, 11) is 0. The van der Waals surface area contributed by atoms with Crippen molar-refractivity contribution in [2.45, 2.75) is 18.4 Å². The van der Waals surface area contributed by atoms with E-state index >= 15 is 0 Å². The molecule has 0 saturated heterocycles. The molecule has 0 unspecified atom stereocenters. The van der Waals surface area contributed by atoms with Gasteiger partial charge in [0.1, 0.15) is 5.58 Å². The van der Waals surface area contributed by atoms with Crippen molar-refractivity contribution < 1.29 is 13.9 Å². The Morgan fingerprint density at radius 3 is 2.80 bits per heavy atom. The highest BCUT2D eigenvalue weighted by Crippen LogP contribution is 2.34. The van der Waals surface area contributed by atoms with E-state index in [9.17, 15) is 4.79 Å². The fraction of sp³-hybridized carbons (Fsp3) is 0.211. The molecule has 2 heterocycles. The molecule has 1 aromatic heterocycles. The maximum absolute atomic E-state index is 11.8. The van der Waals surface area contributed by atoms with E-state index in [0.29, 0.717) is 16.4 Å². The fourth-order valence-electron chi connectivity index (χ4n) is 2.78. The van der Waals surface area contributed by atoms with E-state index in [1.165, 1.54) is 0 Å². The van der Waals surface area contributed by atoms with Gasteiger partial charge in [0.05, 0.1) is 0 Å². The maximum atomic E-state index is 11.8. The zero-order valence-electron chi connectivity index (χ0n) is 13.5. The van der Waals surface area contributed by atoms with Crippen LogP contribution >= 0.6 is 23.4 Å². The van der Waals surface area contributed by atoms with Gasteiger partial charge < -0.3 is 13.9 Å². The molecule has 0 N–H and O–H groups in total. The monoisotopic (exact) mass is 374 g/mol. The van der Waals surface area contributed by atoms with Crippen molar-refractivity contribution in [1.29, 1.82) is 0 Å². The summed E-state index contributed by atoms with van der Waals surface area (Å²) in [4.78, 5) is 11.8. The lowest BCUT2D eigenvalue weighted by atomic mass is 10.1. The molecule has 0 saturated carbocycles. The Balaban J connectivity index is 1.54. The molecular formula is C19H15ClO4S. The number of halogens is 1. The number of fused-ring (bicyclic) bond motifs is 2. The van der Waals surface area contributed by atoms with E-state index < -0.39 is 0 Å². The summed E-state index contributed by atoms with van der Waals surface area (Å²) < 4.78 is 16.0. The van der Waals surface area contributed by atoms with Gasteiger partial charge in [-0.05, 0) is 47.9 Å². The predicted molar refractivity (Wildman–Crippen MR) is 99.8 cm³/mol. The fourth-order valence-corrected chi connectivity index (χ4v) is 3.92. The second-order valence-electron chi connectivity index (χ2n) is 5.87. The summed E-state index contributed by atoms with van der Waals surface area (Å²) in [6.07, 6.45) is 0. The molecule has 0 spiro atoms. The molecular weight excluding hydrogens is 360 g/mol. The third-order valence-corrected chi connectivity index (χ3v) is 5.53. The molecule has 0 radical (unpaired) electrons. The maximum Gasteiger partial charge on any atom is 0.336 e. The number of hydrogen-bond donors (Lipinski definition) is 0. The van der Waals surface area contributed by atoms with Crippen LogP contribution in [-0.2, 0) is 11.5 Å². The lowest BCUT2D eigenvalue weighted by Crippen LogP contribution is -2.00. The summed E-state index contributed by atoms with van der Waals surface area (Å²) >= 11 is 7.95. The molecule has 0 fully saturated rings. The first-order valence-corrected chi connectivity index (χ1v) is 9.32. The number of rotatable bonds is 4. The van der Waals surface area contributed by atoms with Crippen LogP contribution in [0.15, 0.2) is 45.6 Å². The van der Waals surface area contributed by atoms with Crippen molar-refractivity contribution >= 4 is 34.3 Å². The molecule has 0 amide bonds. The van der Waals surface area contributed by atoms with Gasteiger partial charge in [-0.15, -0.1) is 0 Å². The average molecular weight is 375 g/mol. The number of ether oxygens (including phenoxy) is 2. The molecule has 1 aliphatic heterocycles. The van der Waals surface area contributed by atoms with Gasteiger partial charge in [-0.3, -0.25) is 0 Å². The van der Waals surface area contributed by atoms with Crippen molar-refractivity contribution in [1.82, 2.24) is 0 Å². The van der Waals surface area contributed by atoms with Crippen LogP contribution in [0, 0.1) is 6.92 Å². The Labute approximate surface area is 153 Å². The lowest BCUT2D eigenvalue weighted by Gasteiger charge is -2.08. The lowest BCUT2D eigenvalue weighted by molar-refractivity contribution is 0.174. The molecule has 2 aromatic carbocycles. The second-order valence-corrected chi connectivity index (χ2v) is 7.26. The largest absolute Gasteiger partial charge is 0.454 e. The molecule has 0 atom stereocenters. The summed E-state index contributed by atoms with van der Waals surface area (Å²) in [6, 6.07) is 11.2. The van der Waals surface area contributed by atoms with Gasteiger partial charge in [0.15, 0.2) is 11.5 Å². The van der Waals surface area contributed by atoms with E-state index in [4.69, 9.17) is 25.5 Å². The Kier molecular flexibility index (Phi) is 4.36. The first-order valence-electron chi connectivity index (χ1n) is 7.79. The number of hydrogen-bond acceptors (Lipinski definition) is 5. The Morgan fingerprint density at radius 1 is 1.08 bits per heavy atom. The second kappa shape index (κ2) is 6.65. The van der Waals surface area contributed by atoms with E-state index in [1.54, 1.807) is 17.8 Å². The van der Waals surface area contributed by atoms with Gasteiger partial charge in [-0.2, -0.15) is 11.8 Å². The van der Waals surface area contributed by atoms with E-state index in [2.05, 4.69) is 0 Å². The third kappa shape index (κ3) is 3.34.